The minimum absolute atomic E-state index is 0.175. The van der Waals surface area contributed by atoms with Crippen molar-refractivity contribution in [3.05, 3.63) is 53.2 Å². The quantitative estimate of drug-likeness (QED) is 0.865. The molecule has 0 radical (unpaired) electrons. The van der Waals surface area contributed by atoms with Gasteiger partial charge in [-0.3, -0.25) is 9.80 Å². The summed E-state index contributed by atoms with van der Waals surface area (Å²) in [4.78, 5) is 4.77. The van der Waals surface area contributed by atoms with Gasteiger partial charge >= 0.3 is 0 Å². The van der Waals surface area contributed by atoms with E-state index in [-0.39, 0.29) is 5.82 Å². The van der Waals surface area contributed by atoms with E-state index < -0.39 is 0 Å². The lowest BCUT2D eigenvalue weighted by molar-refractivity contribution is 0.113. The van der Waals surface area contributed by atoms with Crippen LogP contribution in [0.15, 0.2) is 34.9 Å². The third-order valence-electron chi connectivity index (χ3n) is 3.84. The Bertz CT molecular complexity index is 573. The van der Waals surface area contributed by atoms with Gasteiger partial charge in [-0.25, -0.2) is 4.39 Å². The van der Waals surface area contributed by atoms with E-state index in [0.717, 1.165) is 56.3 Å². The zero-order valence-corrected chi connectivity index (χ0v) is 12.3. The van der Waals surface area contributed by atoms with E-state index in [2.05, 4.69) is 15.0 Å². The zero-order valence-electron chi connectivity index (χ0n) is 12.3. The van der Waals surface area contributed by atoms with Gasteiger partial charge < -0.3 is 4.52 Å². The number of piperazine rings is 1. The molecule has 0 amide bonds. The molecule has 4 nitrogen and oxygen atoms in total. The molecule has 1 aromatic carbocycles. The van der Waals surface area contributed by atoms with Crippen molar-refractivity contribution in [3.63, 3.8) is 0 Å². The summed E-state index contributed by atoms with van der Waals surface area (Å²) in [5.41, 5.74) is 2.09. The number of nitrogens with zero attached hydrogens (tertiary/aromatic N) is 3. The van der Waals surface area contributed by atoms with Crippen LogP contribution in [-0.4, -0.2) is 41.1 Å². The molecule has 112 valence electrons. The second-order valence-electron chi connectivity index (χ2n) is 5.61. The Kier molecular flexibility index (Phi) is 4.31. The molecule has 1 aromatic heterocycles. The van der Waals surface area contributed by atoms with Gasteiger partial charge in [0.1, 0.15) is 5.82 Å². The molecular weight excluding hydrogens is 269 g/mol. The fourth-order valence-corrected chi connectivity index (χ4v) is 2.66. The lowest BCUT2D eigenvalue weighted by Gasteiger charge is -2.34. The van der Waals surface area contributed by atoms with Gasteiger partial charge in [0.25, 0.3) is 0 Å². The Morgan fingerprint density at radius 1 is 1.05 bits per heavy atom. The van der Waals surface area contributed by atoms with Crippen LogP contribution in [-0.2, 0) is 13.1 Å². The number of hydrogen-bond donors (Lipinski definition) is 0. The predicted molar refractivity (Wildman–Crippen MR) is 78.2 cm³/mol. The first-order valence-corrected chi connectivity index (χ1v) is 7.30. The summed E-state index contributed by atoms with van der Waals surface area (Å²) in [6.07, 6.45) is 0. The Hall–Kier alpha value is -1.72. The number of aromatic nitrogens is 1. The van der Waals surface area contributed by atoms with Gasteiger partial charge in [-0.2, -0.15) is 0 Å². The van der Waals surface area contributed by atoms with Crippen LogP contribution in [0.4, 0.5) is 4.39 Å². The van der Waals surface area contributed by atoms with Crippen LogP contribution in [0.2, 0.25) is 0 Å². The van der Waals surface area contributed by atoms with Crippen molar-refractivity contribution in [2.24, 2.45) is 0 Å². The lowest BCUT2D eigenvalue weighted by Crippen LogP contribution is -2.45. The Labute approximate surface area is 124 Å². The summed E-state index contributed by atoms with van der Waals surface area (Å²) in [5.74, 6) is 0.755. The number of halogens is 1. The topological polar surface area (TPSA) is 32.5 Å². The normalized spacial score (nSPS) is 17.2. The minimum atomic E-state index is -0.175. The van der Waals surface area contributed by atoms with E-state index in [1.165, 1.54) is 12.1 Å². The Balaban J connectivity index is 1.47. The van der Waals surface area contributed by atoms with E-state index in [1.54, 1.807) is 0 Å². The largest absolute Gasteiger partial charge is 0.360 e. The van der Waals surface area contributed by atoms with Gasteiger partial charge in [-0.1, -0.05) is 17.3 Å². The number of hydrogen-bond acceptors (Lipinski definition) is 4. The Morgan fingerprint density at radius 2 is 1.67 bits per heavy atom. The van der Waals surface area contributed by atoms with Gasteiger partial charge in [0.05, 0.1) is 12.2 Å². The molecular formula is C16H20FN3O. The van der Waals surface area contributed by atoms with Crippen LogP contribution in [0.5, 0.6) is 0 Å². The molecule has 21 heavy (non-hydrogen) atoms. The van der Waals surface area contributed by atoms with E-state index in [9.17, 15) is 4.39 Å². The number of aryl methyl sites for hydroxylation is 1. The third kappa shape index (κ3) is 3.89. The van der Waals surface area contributed by atoms with Gasteiger partial charge in [0.15, 0.2) is 5.76 Å². The minimum Gasteiger partial charge on any atom is -0.360 e. The summed E-state index contributed by atoms with van der Waals surface area (Å²) < 4.78 is 18.2. The molecule has 0 aliphatic carbocycles. The maximum absolute atomic E-state index is 12.9. The fourth-order valence-electron chi connectivity index (χ4n) is 2.66. The highest BCUT2D eigenvalue weighted by molar-refractivity contribution is 5.16. The van der Waals surface area contributed by atoms with Crippen molar-refractivity contribution in [2.75, 3.05) is 26.2 Å². The molecule has 0 spiro atoms. The second-order valence-corrected chi connectivity index (χ2v) is 5.61. The van der Waals surface area contributed by atoms with E-state index in [4.69, 9.17) is 4.52 Å². The van der Waals surface area contributed by atoms with Gasteiger partial charge in [0, 0.05) is 38.8 Å². The summed E-state index contributed by atoms with van der Waals surface area (Å²) >= 11 is 0. The lowest BCUT2D eigenvalue weighted by atomic mass is 10.2. The monoisotopic (exact) mass is 289 g/mol. The van der Waals surface area contributed by atoms with E-state index in [0.29, 0.717) is 0 Å². The second kappa shape index (κ2) is 6.37. The van der Waals surface area contributed by atoms with Crippen LogP contribution >= 0.6 is 0 Å². The highest BCUT2D eigenvalue weighted by Crippen LogP contribution is 2.12. The average molecular weight is 289 g/mol. The van der Waals surface area contributed by atoms with Crippen LogP contribution < -0.4 is 0 Å². The molecule has 1 aliphatic heterocycles. The number of benzene rings is 1. The van der Waals surface area contributed by atoms with Gasteiger partial charge in [0.2, 0.25) is 0 Å². The smallest absolute Gasteiger partial charge is 0.150 e. The molecule has 5 heteroatoms. The maximum atomic E-state index is 12.9. The summed E-state index contributed by atoms with van der Waals surface area (Å²) in [6, 6.07) is 8.76. The third-order valence-corrected chi connectivity index (χ3v) is 3.84. The summed E-state index contributed by atoms with van der Waals surface area (Å²) in [5, 5.41) is 3.92. The molecule has 0 unspecified atom stereocenters. The molecule has 1 aliphatic rings. The van der Waals surface area contributed by atoms with Gasteiger partial charge in [-0.15, -0.1) is 0 Å². The predicted octanol–water partition coefficient (Wildman–Crippen LogP) is 2.44. The molecule has 2 heterocycles. The van der Waals surface area contributed by atoms with Crippen molar-refractivity contribution >= 4 is 0 Å². The molecule has 1 fully saturated rings. The highest BCUT2D eigenvalue weighted by atomic mass is 19.1. The first-order valence-electron chi connectivity index (χ1n) is 7.30. The van der Waals surface area contributed by atoms with Crippen molar-refractivity contribution in [1.82, 2.24) is 15.0 Å². The first-order chi connectivity index (χ1) is 10.2. The fraction of sp³-hybridized carbons (Fsp3) is 0.438. The van der Waals surface area contributed by atoms with Crippen molar-refractivity contribution in [1.29, 1.82) is 0 Å². The molecule has 0 atom stereocenters. The summed E-state index contributed by atoms with van der Waals surface area (Å²) in [7, 11) is 0. The van der Waals surface area contributed by atoms with Crippen molar-refractivity contribution in [2.45, 2.75) is 20.0 Å². The van der Waals surface area contributed by atoms with Crippen molar-refractivity contribution < 1.29 is 8.91 Å². The zero-order chi connectivity index (χ0) is 14.7. The van der Waals surface area contributed by atoms with E-state index >= 15 is 0 Å². The maximum Gasteiger partial charge on any atom is 0.150 e. The highest BCUT2D eigenvalue weighted by Gasteiger charge is 2.18. The number of rotatable bonds is 4. The Morgan fingerprint density at radius 3 is 2.24 bits per heavy atom. The first kappa shape index (κ1) is 14.2. The average Bonchev–Trinajstić information content (AvgIpc) is 2.89. The summed E-state index contributed by atoms with van der Waals surface area (Å²) in [6.45, 7) is 7.71. The molecule has 3 rings (SSSR count). The molecule has 0 saturated carbocycles. The van der Waals surface area contributed by atoms with Crippen LogP contribution in [0.3, 0.4) is 0 Å². The standard InChI is InChI=1S/C16H20FN3O/c1-13-10-16(21-18-13)12-20-8-6-19(7-9-20)11-14-2-4-15(17)5-3-14/h2-5,10H,6-9,11-12H2,1H3. The van der Waals surface area contributed by atoms with E-state index in [1.807, 2.05) is 25.1 Å². The van der Waals surface area contributed by atoms with Crippen LogP contribution in [0.1, 0.15) is 17.0 Å². The molecule has 1 saturated heterocycles. The van der Waals surface area contributed by atoms with Crippen molar-refractivity contribution in [3.8, 4) is 0 Å². The molecule has 2 aromatic rings. The van der Waals surface area contributed by atoms with Crippen LogP contribution in [0, 0.1) is 12.7 Å². The van der Waals surface area contributed by atoms with Crippen LogP contribution in [0.25, 0.3) is 0 Å². The molecule has 0 bridgehead atoms. The SMILES string of the molecule is Cc1cc(CN2CCN(Cc3ccc(F)cc3)CC2)on1. The molecule has 0 N–H and O–H groups in total. The van der Waals surface area contributed by atoms with Gasteiger partial charge in [-0.05, 0) is 24.6 Å².